The highest BCUT2D eigenvalue weighted by Gasteiger charge is 2.33. The number of carbonyl (C=O) groups is 2. The molecule has 0 aromatic heterocycles. The van der Waals surface area contributed by atoms with Gasteiger partial charge in [-0.15, -0.1) is 0 Å². The Morgan fingerprint density at radius 3 is 2.52 bits per heavy atom. The van der Waals surface area contributed by atoms with Crippen molar-refractivity contribution in [2.75, 3.05) is 44.8 Å². The van der Waals surface area contributed by atoms with Gasteiger partial charge in [0.15, 0.2) is 0 Å². The molecule has 0 radical (unpaired) electrons. The molecular formula is C15H17N3O7. The minimum absolute atomic E-state index is 0.0332. The lowest BCUT2D eigenvalue weighted by molar-refractivity contribution is -0.384. The molecule has 0 saturated heterocycles. The first-order chi connectivity index (χ1) is 11.9. The largest absolute Gasteiger partial charge is 0.466 e. The van der Waals surface area contributed by atoms with Crippen LogP contribution >= 0.6 is 0 Å². The van der Waals surface area contributed by atoms with Crippen LogP contribution in [-0.4, -0.2) is 51.5 Å². The van der Waals surface area contributed by atoms with Crippen molar-refractivity contribution in [2.24, 2.45) is 0 Å². The molecule has 0 unspecified atom stereocenters. The minimum Gasteiger partial charge on any atom is -0.466 e. The van der Waals surface area contributed by atoms with E-state index in [0.29, 0.717) is 11.4 Å². The number of nitro groups is 1. The number of non-ortho nitro benzene ring substituents is 1. The van der Waals surface area contributed by atoms with Gasteiger partial charge in [0, 0.05) is 19.2 Å². The van der Waals surface area contributed by atoms with E-state index in [1.807, 2.05) is 0 Å². The van der Waals surface area contributed by atoms with Crippen LogP contribution in [0.15, 0.2) is 29.5 Å². The zero-order valence-electron chi connectivity index (χ0n) is 13.9. The number of nitrogens with one attached hydrogen (secondary N) is 1. The number of hydrogen-bond donors (Lipinski definition) is 1. The van der Waals surface area contributed by atoms with Gasteiger partial charge < -0.3 is 24.4 Å². The van der Waals surface area contributed by atoms with Gasteiger partial charge >= 0.3 is 11.9 Å². The number of carbonyl (C=O) groups excluding carboxylic acids is 2. The third kappa shape index (κ3) is 3.53. The Hall–Kier alpha value is -3.14. The van der Waals surface area contributed by atoms with Gasteiger partial charge in [-0.25, -0.2) is 9.59 Å². The fourth-order valence-corrected chi connectivity index (χ4v) is 2.40. The van der Waals surface area contributed by atoms with E-state index in [9.17, 15) is 19.7 Å². The van der Waals surface area contributed by atoms with Crippen molar-refractivity contribution in [3.8, 4) is 0 Å². The molecule has 134 valence electrons. The fourth-order valence-electron chi connectivity index (χ4n) is 2.40. The van der Waals surface area contributed by atoms with Gasteiger partial charge in [-0.05, 0) is 6.07 Å². The van der Waals surface area contributed by atoms with Gasteiger partial charge in [-0.1, -0.05) is 0 Å². The van der Waals surface area contributed by atoms with E-state index in [1.54, 1.807) is 7.05 Å². The maximum Gasteiger partial charge on any atom is 0.355 e. The van der Waals surface area contributed by atoms with Crippen LogP contribution in [0.5, 0.6) is 0 Å². The van der Waals surface area contributed by atoms with Crippen molar-refractivity contribution in [2.45, 2.75) is 0 Å². The molecule has 1 aliphatic heterocycles. The maximum absolute atomic E-state index is 12.3. The van der Waals surface area contributed by atoms with E-state index >= 15 is 0 Å². The highest BCUT2D eigenvalue weighted by Crippen LogP contribution is 2.35. The zero-order valence-corrected chi connectivity index (χ0v) is 13.9. The first-order valence-corrected chi connectivity index (χ1v) is 7.15. The molecule has 10 heteroatoms. The highest BCUT2D eigenvalue weighted by atomic mass is 16.6. The summed E-state index contributed by atoms with van der Waals surface area (Å²) in [5, 5.41) is 14.0. The number of esters is 2. The fraction of sp³-hybridized carbons (Fsp3) is 0.333. The van der Waals surface area contributed by atoms with Crippen molar-refractivity contribution in [3.05, 3.63) is 39.6 Å². The van der Waals surface area contributed by atoms with Crippen molar-refractivity contribution >= 4 is 29.0 Å². The summed E-state index contributed by atoms with van der Waals surface area (Å²) in [7, 11) is 3.97. The van der Waals surface area contributed by atoms with Crippen LogP contribution in [0.25, 0.3) is 0 Å². The molecule has 0 spiro atoms. The van der Waals surface area contributed by atoms with E-state index in [2.05, 4.69) is 10.1 Å². The van der Waals surface area contributed by atoms with Gasteiger partial charge in [-0.2, -0.15) is 0 Å². The molecule has 1 aromatic carbocycles. The van der Waals surface area contributed by atoms with E-state index in [0.717, 1.165) is 0 Å². The molecular weight excluding hydrogens is 334 g/mol. The Morgan fingerprint density at radius 1 is 1.28 bits per heavy atom. The molecule has 1 aliphatic rings. The summed E-state index contributed by atoms with van der Waals surface area (Å²) in [6, 6.07) is 4.09. The molecule has 0 aliphatic carbocycles. The topological polar surface area (TPSA) is 120 Å². The van der Waals surface area contributed by atoms with E-state index < -0.39 is 16.9 Å². The van der Waals surface area contributed by atoms with Gasteiger partial charge in [0.1, 0.15) is 12.4 Å². The molecule has 2 rings (SSSR count). The molecule has 0 atom stereocenters. The van der Waals surface area contributed by atoms with E-state index in [-0.39, 0.29) is 30.3 Å². The Morgan fingerprint density at radius 2 is 1.96 bits per heavy atom. The normalized spacial score (nSPS) is 14.1. The van der Waals surface area contributed by atoms with Crippen molar-refractivity contribution < 1.29 is 28.7 Å². The van der Waals surface area contributed by atoms with Crippen LogP contribution in [0.4, 0.5) is 17.1 Å². The van der Waals surface area contributed by atoms with Crippen LogP contribution in [0.2, 0.25) is 0 Å². The number of nitrogens with zero attached hydrogens (tertiary/aromatic N) is 2. The number of anilines is 2. The molecule has 1 heterocycles. The van der Waals surface area contributed by atoms with Crippen LogP contribution in [0, 0.1) is 10.1 Å². The van der Waals surface area contributed by atoms with E-state index in [4.69, 9.17) is 9.47 Å². The second-order valence-corrected chi connectivity index (χ2v) is 4.92. The average molecular weight is 351 g/mol. The van der Waals surface area contributed by atoms with Gasteiger partial charge in [0.2, 0.25) is 0 Å². The third-order valence-electron chi connectivity index (χ3n) is 3.59. The smallest absolute Gasteiger partial charge is 0.355 e. The zero-order chi connectivity index (χ0) is 18.6. The Balaban J connectivity index is 2.66. The van der Waals surface area contributed by atoms with Crippen LogP contribution < -0.4 is 10.2 Å². The number of methoxy groups -OCH3 is 2. The summed E-state index contributed by atoms with van der Waals surface area (Å²) in [5.74, 6) is -1.53. The first-order valence-electron chi connectivity index (χ1n) is 7.15. The number of ether oxygens (including phenoxy) is 3. The van der Waals surface area contributed by atoms with Crippen LogP contribution in [-0.2, 0) is 23.8 Å². The van der Waals surface area contributed by atoms with Crippen LogP contribution in [0.1, 0.15) is 0 Å². The standard InChI is InChI=1S/C15H17N3O7/c1-16-11-5-4-9(18(21)22)6-12(11)17-8-25-7-10(14(19)23-2)13(17)15(20)24-3/h4-6,16H,7-8H2,1-3H3. The molecule has 0 bridgehead atoms. The molecule has 0 amide bonds. The van der Waals surface area contributed by atoms with Gasteiger partial charge in [-0.3, -0.25) is 10.1 Å². The lowest BCUT2D eigenvalue weighted by Crippen LogP contribution is -2.39. The number of nitro benzene ring substituents is 1. The quantitative estimate of drug-likeness (QED) is 0.471. The Kier molecular flexibility index (Phi) is 5.55. The summed E-state index contributed by atoms with van der Waals surface area (Å²) in [5.41, 5.74) is 0.495. The second-order valence-electron chi connectivity index (χ2n) is 4.92. The SMILES string of the molecule is CNc1ccc([N+](=O)[O-])cc1N1COCC(C(=O)OC)=C1C(=O)OC. The summed E-state index contributed by atoms with van der Waals surface area (Å²) >= 11 is 0. The van der Waals surface area contributed by atoms with Crippen molar-refractivity contribution in [1.29, 1.82) is 0 Å². The first kappa shape index (κ1) is 18.2. The molecule has 25 heavy (non-hydrogen) atoms. The summed E-state index contributed by atoms with van der Waals surface area (Å²) in [6.07, 6.45) is 0. The predicted octanol–water partition coefficient (Wildman–Crippen LogP) is 1.03. The Bertz CT molecular complexity index is 745. The second kappa shape index (κ2) is 7.62. The number of hydrogen-bond acceptors (Lipinski definition) is 9. The summed E-state index contributed by atoms with van der Waals surface area (Å²) < 4.78 is 14.8. The van der Waals surface area contributed by atoms with Crippen LogP contribution in [0.3, 0.4) is 0 Å². The third-order valence-corrected chi connectivity index (χ3v) is 3.59. The van der Waals surface area contributed by atoms with E-state index in [1.165, 1.54) is 37.3 Å². The lowest BCUT2D eigenvalue weighted by atomic mass is 10.1. The minimum atomic E-state index is -0.780. The van der Waals surface area contributed by atoms with Crippen molar-refractivity contribution in [1.82, 2.24) is 0 Å². The monoisotopic (exact) mass is 351 g/mol. The molecule has 1 aromatic rings. The molecule has 1 N–H and O–H groups in total. The number of rotatable bonds is 5. The van der Waals surface area contributed by atoms with Gasteiger partial charge in [0.05, 0.1) is 42.7 Å². The Labute approximate surface area is 143 Å². The average Bonchev–Trinajstić information content (AvgIpc) is 2.65. The lowest BCUT2D eigenvalue weighted by Gasteiger charge is -2.32. The molecule has 10 nitrogen and oxygen atoms in total. The maximum atomic E-state index is 12.3. The number of benzene rings is 1. The summed E-state index contributed by atoms with van der Waals surface area (Å²) in [4.78, 5) is 36.1. The summed E-state index contributed by atoms with van der Waals surface area (Å²) in [6.45, 7) is -0.238. The molecule has 0 fully saturated rings. The predicted molar refractivity (Wildman–Crippen MR) is 87.0 cm³/mol. The van der Waals surface area contributed by atoms with Crippen molar-refractivity contribution in [3.63, 3.8) is 0 Å². The molecule has 0 saturated carbocycles. The van der Waals surface area contributed by atoms with Gasteiger partial charge in [0.25, 0.3) is 5.69 Å². The highest BCUT2D eigenvalue weighted by molar-refractivity contribution is 6.04.